The lowest BCUT2D eigenvalue weighted by Gasteiger charge is -2.16. The Hall–Kier alpha value is -2.15. The molecule has 0 aliphatic heterocycles. The first kappa shape index (κ1) is 22.1. The molecule has 152 valence electrons. The van der Waals surface area contributed by atoms with Crippen LogP contribution >= 0.6 is 11.8 Å². The van der Waals surface area contributed by atoms with Crippen molar-refractivity contribution < 1.29 is 9.18 Å². The third-order valence-electron chi connectivity index (χ3n) is 4.52. The average Bonchev–Trinajstić information content (AvgIpc) is 2.64. The Balaban J connectivity index is 2.13. The van der Waals surface area contributed by atoms with Gasteiger partial charge in [0.25, 0.3) is 5.56 Å². The monoisotopic (exact) mass is 405 g/mol. The predicted octanol–water partition coefficient (Wildman–Crippen LogP) is 3.46. The molecule has 28 heavy (non-hydrogen) atoms. The summed E-state index contributed by atoms with van der Waals surface area (Å²) in [6, 6.07) is 6.10. The molecule has 0 aliphatic carbocycles. The van der Waals surface area contributed by atoms with Gasteiger partial charge in [0.1, 0.15) is 5.82 Å². The highest BCUT2D eigenvalue weighted by Gasteiger charge is 2.19. The van der Waals surface area contributed by atoms with Gasteiger partial charge in [-0.3, -0.25) is 14.2 Å². The number of nitrogens with one attached hydrogen (secondary N) is 1. The van der Waals surface area contributed by atoms with Crippen molar-refractivity contribution >= 4 is 17.7 Å². The minimum atomic E-state index is -0.354. The van der Waals surface area contributed by atoms with Crippen LogP contribution in [0.2, 0.25) is 0 Å². The van der Waals surface area contributed by atoms with Gasteiger partial charge in [-0.2, -0.15) is 0 Å². The molecule has 0 saturated heterocycles. The van der Waals surface area contributed by atoms with E-state index in [2.05, 4.69) is 24.1 Å². The maximum absolute atomic E-state index is 13.1. The summed E-state index contributed by atoms with van der Waals surface area (Å²) in [6.07, 6.45) is 1.32. The quantitative estimate of drug-likeness (QED) is 0.540. The molecule has 1 amide bonds. The summed E-state index contributed by atoms with van der Waals surface area (Å²) >= 11 is 1.27. The lowest BCUT2D eigenvalue weighted by molar-refractivity contribution is -0.120. The van der Waals surface area contributed by atoms with Crippen molar-refractivity contribution in [3.63, 3.8) is 0 Å². The number of nitrogens with zero attached hydrogens (tertiary/aromatic N) is 2. The molecule has 1 heterocycles. The van der Waals surface area contributed by atoms with Crippen LogP contribution in [-0.2, 0) is 18.3 Å². The van der Waals surface area contributed by atoms with Gasteiger partial charge >= 0.3 is 0 Å². The fourth-order valence-electron chi connectivity index (χ4n) is 2.68. The number of hydrogen-bond donors (Lipinski definition) is 1. The van der Waals surface area contributed by atoms with E-state index >= 15 is 0 Å². The van der Waals surface area contributed by atoms with Crippen LogP contribution < -0.4 is 10.9 Å². The summed E-state index contributed by atoms with van der Waals surface area (Å²) in [7, 11) is 1.66. The van der Waals surface area contributed by atoms with Crippen molar-refractivity contribution in [2.45, 2.75) is 50.9 Å². The Morgan fingerprint density at radius 3 is 2.50 bits per heavy atom. The number of carbonyl (C=O) groups is 1. The topological polar surface area (TPSA) is 64.0 Å². The van der Waals surface area contributed by atoms with E-state index in [1.807, 2.05) is 6.92 Å². The van der Waals surface area contributed by atoms with Crippen LogP contribution in [0.3, 0.4) is 0 Å². The zero-order valence-electron chi connectivity index (χ0n) is 17.1. The second kappa shape index (κ2) is 9.87. The number of aryl methyl sites for hydroxylation is 1. The van der Waals surface area contributed by atoms with E-state index in [9.17, 15) is 14.0 Å². The van der Waals surface area contributed by atoms with Gasteiger partial charge in [-0.15, -0.1) is 0 Å². The fraction of sp³-hybridized carbons (Fsp3) is 0.476. The molecule has 5 nitrogen and oxygen atoms in total. The van der Waals surface area contributed by atoms with E-state index in [1.165, 1.54) is 28.5 Å². The predicted molar refractivity (Wildman–Crippen MR) is 111 cm³/mol. The molecule has 0 aliphatic rings. The van der Waals surface area contributed by atoms with E-state index < -0.39 is 0 Å². The van der Waals surface area contributed by atoms with E-state index in [-0.39, 0.29) is 22.5 Å². The molecule has 7 heteroatoms. The number of carbonyl (C=O) groups excluding carboxylic acids is 1. The van der Waals surface area contributed by atoms with E-state index in [0.717, 1.165) is 12.0 Å². The Kier molecular flexibility index (Phi) is 7.80. The van der Waals surface area contributed by atoms with Crippen LogP contribution in [0.1, 0.15) is 44.0 Å². The van der Waals surface area contributed by atoms with Gasteiger partial charge in [0.2, 0.25) is 5.91 Å². The van der Waals surface area contributed by atoms with Crippen molar-refractivity contribution in [2.24, 2.45) is 13.0 Å². The van der Waals surface area contributed by atoms with Crippen LogP contribution in [-0.4, -0.2) is 27.3 Å². The number of benzene rings is 1. The molecule has 0 radical (unpaired) electrons. The van der Waals surface area contributed by atoms with Gasteiger partial charge in [0.15, 0.2) is 5.16 Å². The highest BCUT2D eigenvalue weighted by Crippen LogP contribution is 2.21. The molecule has 1 aromatic carbocycles. The lowest BCUT2D eigenvalue weighted by atomic mass is 10.1. The minimum absolute atomic E-state index is 0.0621. The van der Waals surface area contributed by atoms with Crippen LogP contribution in [0.25, 0.3) is 0 Å². The van der Waals surface area contributed by atoms with Crippen molar-refractivity contribution in [1.82, 2.24) is 14.9 Å². The van der Waals surface area contributed by atoms with Crippen LogP contribution in [0.4, 0.5) is 4.39 Å². The minimum Gasteiger partial charge on any atom is -0.355 e. The van der Waals surface area contributed by atoms with Crippen LogP contribution in [0, 0.1) is 18.7 Å². The standard InChI is InChI=1S/C21H28FN3O2S/c1-13(2)10-11-23-19(26)15(4)28-21-24-14(3)18(20(27)25(21)5)12-16-6-8-17(22)9-7-16/h6-9,13,15H,10-12H2,1-5H3,(H,23,26). The SMILES string of the molecule is Cc1nc(SC(C)C(=O)NCCC(C)C)n(C)c(=O)c1Cc1ccc(F)cc1. The Morgan fingerprint density at radius 1 is 1.25 bits per heavy atom. The van der Waals surface area contributed by atoms with E-state index in [0.29, 0.717) is 35.3 Å². The number of aromatic nitrogens is 2. The summed E-state index contributed by atoms with van der Waals surface area (Å²) < 4.78 is 14.6. The molecule has 0 fully saturated rings. The normalized spacial score (nSPS) is 12.2. The van der Waals surface area contributed by atoms with Crippen molar-refractivity contribution in [3.8, 4) is 0 Å². The van der Waals surface area contributed by atoms with Crippen molar-refractivity contribution in [1.29, 1.82) is 0 Å². The molecule has 1 unspecified atom stereocenters. The summed E-state index contributed by atoms with van der Waals surface area (Å²) in [5.74, 6) is 0.161. The highest BCUT2D eigenvalue weighted by molar-refractivity contribution is 8.00. The third-order valence-corrected chi connectivity index (χ3v) is 5.66. The number of hydrogen-bond acceptors (Lipinski definition) is 4. The first-order valence-corrected chi connectivity index (χ1v) is 10.3. The highest BCUT2D eigenvalue weighted by atomic mass is 32.2. The van der Waals surface area contributed by atoms with E-state index in [1.54, 1.807) is 26.1 Å². The van der Waals surface area contributed by atoms with Crippen LogP contribution in [0.5, 0.6) is 0 Å². The Bertz CT molecular complexity index is 878. The second-order valence-corrected chi connectivity index (χ2v) is 8.67. The number of halogens is 1. The Morgan fingerprint density at radius 2 is 1.89 bits per heavy atom. The van der Waals surface area contributed by atoms with Gasteiger partial charge < -0.3 is 5.32 Å². The molecule has 1 atom stereocenters. The van der Waals surface area contributed by atoms with Gasteiger partial charge in [-0.05, 0) is 43.9 Å². The largest absolute Gasteiger partial charge is 0.355 e. The summed E-state index contributed by atoms with van der Waals surface area (Å²) in [4.78, 5) is 29.6. The molecule has 0 bridgehead atoms. The number of rotatable bonds is 8. The Labute approximate surface area is 169 Å². The summed E-state index contributed by atoms with van der Waals surface area (Å²) in [5, 5.41) is 3.08. The molecule has 2 aromatic rings. The van der Waals surface area contributed by atoms with Gasteiger partial charge in [0.05, 0.1) is 5.25 Å². The first-order valence-electron chi connectivity index (χ1n) is 9.44. The molecular weight excluding hydrogens is 377 g/mol. The smallest absolute Gasteiger partial charge is 0.257 e. The lowest BCUT2D eigenvalue weighted by Crippen LogP contribution is -2.33. The first-order chi connectivity index (χ1) is 13.2. The van der Waals surface area contributed by atoms with Crippen molar-refractivity contribution in [3.05, 3.63) is 57.3 Å². The van der Waals surface area contributed by atoms with Crippen LogP contribution in [0.15, 0.2) is 34.2 Å². The number of thioether (sulfide) groups is 1. The third kappa shape index (κ3) is 5.92. The summed E-state index contributed by atoms with van der Waals surface area (Å²) in [6.45, 7) is 8.46. The molecule has 2 rings (SSSR count). The van der Waals surface area contributed by atoms with Crippen molar-refractivity contribution in [2.75, 3.05) is 6.54 Å². The van der Waals surface area contributed by atoms with Gasteiger partial charge in [-0.1, -0.05) is 37.7 Å². The second-order valence-electron chi connectivity index (χ2n) is 7.36. The number of amides is 1. The molecule has 0 spiro atoms. The van der Waals surface area contributed by atoms with Gasteiger partial charge in [-0.25, -0.2) is 9.37 Å². The summed E-state index contributed by atoms with van der Waals surface area (Å²) in [5.41, 5.74) is 1.91. The maximum atomic E-state index is 13.1. The maximum Gasteiger partial charge on any atom is 0.257 e. The zero-order valence-corrected chi connectivity index (χ0v) is 17.9. The zero-order chi connectivity index (χ0) is 20.8. The fourth-order valence-corrected chi connectivity index (χ4v) is 3.62. The average molecular weight is 406 g/mol. The molecule has 0 saturated carbocycles. The molecular formula is C21H28FN3O2S. The van der Waals surface area contributed by atoms with Gasteiger partial charge in [0, 0.05) is 31.3 Å². The van der Waals surface area contributed by atoms with E-state index in [4.69, 9.17) is 0 Å². The molecule has 1 aromatic heterocycles. The molecule has 1 N–H and O–H groups in total.